The predicted octanol–water partition coefficient (Wildman–Crippen LogP) is 5.61. The average Bonchev–Trinajstić information content (AvgIpc) is 3.01. The zero-order chi connectivity index (χ0) is 17.3. The minimum atomic E-state index is -4.50. The lowest BCUT2D eigenvalue weighted by Gasteiger charge is -2.08. The van der Waals surface area contributed by atoms with E-state index in [4.69, 9.17) is 11.6 Å². The SMILES string of the molecule is Cc1ccc(-c2cc(C(F)(F)F)nn2-c2ccc(CCl)cc2)cc1. The number of halogens is 4. The molecule has 6 heteroatoms. The molecule has 0 aliphatic heterocycles. The first kappa shape index (κ1) is 16.6. The van der Waals surface area contributed by atoms with Crippen LogP contribution < -0.4 is 0 Å². The quantitative estimate of drug-likeness (QED) is 0.562. The maximum atomic E-state index is 13.1. The summed E-state index contributed by atoms with van der Waals surface area (Å²) < 4.78 is 40.6. The highest BCUT2D eigenvalue weighted by Crippen LogP contribution is 2.33. The van der Waals surface area contributed by atoms with Crippen molar-refractivity contribution in [1.29, 1.82) is 0 Å². The molecule has 0 unspecified atom stereocenters. The number of hydrogen-bond donors (Lipinski definition) is 0. The average molecular weight is 351 g/mol. The van der Waals surface area contributed by atoms with Crippen LogP contribution in [0.1, 0.15) is 16.8 Å². The van der Waals surface area contributed by atoms with Gasteiger partial charge in [0.15, 0.2) is 5.69 Å². The highest BCUT2D eigenvalue weighted by molar-refractivity contribution is 6.17. The van der Waals surface area contributed by atoms with Crippen molar-refractivity contribution in [3.63, 3.8) is 0 Å². The third-order valence-corrected chi connectivity index (χ3v) is 3.99. The van der Waals surface area contributed by atoms with E-state index in [0.29, 0.717) is 22.8 Å². The van der Waals surface area contributed by atoms with Crippen LogP contribution in [0.15, 0.2) is 54.6 Å². The van der Waals surface area contributed by atoms with Crippen molar-refractivity contribution in [2.75, 3.05) is 0 Å². The third kappa shape index (κ3) is 3.31. The van der Waals surface area contributed by atoms with E-state index in [1.807, 2.05) is 19.1 Å². The Balaban J connectivity index is 2.15. The van der Waals surface area contributed by atoms with Crippen molar-refractivity contribution in [2.45, 2.75) is 19.0 Å². The lowest BCUT2D eigenvalue weighted by atomic mass is 10.1. The lowest BCUT2D eigenvalue weighted by Crippen LogP contribution is -2.07. The first-order chi connectivity index (χ1) is 11.4. The summed E-state index contributed by atoms with van der Waals surface area (Å²) in [5.74, 6) is 0.345. The molecule has 3 aromatic rings. The second-order valence-corrected chi connectivity index (χ2v) is 5.76. The van der Waals surface area contributed by atoms with Crippen molar-refractivity contribution < 1.29 is 13.2 Å². The Morgan fingerprint density at radius 3 is 2.17 bits per heavy atom. The van der Waals surface area contributed by atoms with E-state index in [0.717, 1.165) is 17.2 Å². The normalized spacial score (nSPS) is 11.7. The van der Waals surface area contributed by atoms with Gasteiger partial charge in [-0.2, -0.15) is 18.3 Å². The Morgan fingerprint density at radius 2 is 1.62 bits per heavy atom. The molecular weight excluding hydrogens is 337 g/mol. The van der Waals surface area contributed by atoms with Crippen molar-refractivity contribution in [2.24, 2.45) is 0 Å². The summed E-state index contributed by atoms with van der Waals surface area (Å²) in [5, 5.41) is 3.76. The molecule has 0 aliphatic rings. The molecule has 124 valence electrons. The molecule has 0 saturated carbocycles. The van der Waals surface area contributed by atoms with Gasteiger partial charge in [-0.05, 0) is 30.7 Å². The molecule has 0 aliphatic carbocycles. The van der Waals surface area contributed by atoms with Crippen LogP contribution in [0.2, 0.25) is 0 Å². The molecule has 24 heavy (non-hydrogen) atoms. The van der Waals surface area contributed by atoms with E-state index < -0.39 is 11.9 Å². The molecule has 1 heterocycles. The monoisotopic (exact) mass is 350 g/mol. The molecule has 1 aromatic heterocycles. The maximum absolute atomic E-state index is 13.1. The van der Waals surface area contributed by atoms with E-state index in [1.54, 1.807) is 36.4 Å². The number of benzene rings is 2. The fraction of sp³-hybridized carbons (Fsp3) is 0.167. The van der Waals surface area contributed by atoms with Crippen LogP contribution in [-0.4, -0.2) is 9.78 Å². The summed E-state index contributed by atoms with van der Waals surface area (Å²) in [6.07, 6.45) is -4.50. The standard InChI is InChI=1S/C18H14ClF3N2/c1-12-2-6-14(7-3-12)16-10-17(18(20,21)22)23-24(16)15-8-4-13(11-19)5-9-15/h2-10H,11H2,1H3. The number of hydrogen-bond acceptors (Lipinski definition) is 1. The smallest absolute Gasteiger partial charge is 0.233 e. The number of rotatable bonds is 3. The third-order valence-electron chi connectivity index (χ3n) is 3.68. The summed E-state index contributed by atoms with van der Waals surface area (Å²) in [7, 11) is 0. The van der Waals surface area contributed by atoms with E-state index in [-0.39, 0.29) is 0 Å². The lowest BCUT2D eigenvalue weighted by molar-refractivity contribution is -0.141. The zero-order valence-corrected chi connectivity index (χ0v) is 13.6. The van der Waals surface area contributed by atoms with Crippen LogP contribution in [0, 0.1) is 6.92 Å². The van der Waals surface area contributed by atoms with Crippen LogP contribution in [0.3, 0.4) is 0 Å². The number of aryl methyl sites for hydroxylation is 1. The Labute approximate surface area is 142 Å². The second-order valence-electron chi connectivity index (χ2n) is 5.49. The van der Waals surface area contributed by atoms with Gasteiger partial charge < -0.3 is 0 Å². The minimum absolute atomic E-state index is 0.345. The van der Waals surface area contributed by atoms with Crippen molar-refractivity contribution >= 4 is 11.6 Å². The molecule has 0 N–H and O–H groups in total. The summed E-state index contributed by atoms with van der Waals surface area (Å²) >= 11 is 5.76. The summed E-state index contributed by atoms with van der Waals surface area (Å²) in [5.41, 5.74) is 2.62. The van der Waals surface area contributed by atoms with Crippen LogP contribution in [0.5, 0.6) is 0 Å². The van der Waals surface area contributed by atoms with Crippen molar-refractivity contribution in [1.82, 2.24) is 9.78 Å². The molecule has 0 atom stereocenters. The fourth-order valence-electron chi connectivity index (χ4n) is 2.37. The molecule has 0 radical (unpaired) electrons. The molecule has 0 spiro atoms. The first-order valence-electron chi connectivity index (χ1n) is 7.28. The van der Waals surface area contributed by atoms with E-state index in [2.05, 4.69) is 5.10 Å². The Morgan fingerprint density at radius 1 is 1.00 bits per heavy atom. The second kappa shape index (κ2) is 6.32. The topological polar surface area (TPSA) is 17.8 Å². The summed E-state index contributed by atoms with van der Waals surface area (Å²) in [6, 6.07) is 15.3. The maximum Gasteiger partial charge on any atom is 0.435 e. The zero-order valence-electron chi connectivity index (χ0n) is 12.8. The van der Waals surface area contributed by atoms with E-state index in [9.17, 15) is 13.2 Å². The van der Waals surface area contributed by atoms with Crippen molar-refractivity contribution in [3.05, 3.63) is 71.4 Å². The molecule has 2 nitrogen and oxygen atoms in total. The molecule has 3 rings (SSSR count). The summed E-state index contributed by atoms with van der Waals surface area (Å²) in [4.78, 5) is 0. The van der Waals surface area contributed by atoms with Gasteiger partial charge in [0.1, 0.15) is 0 Å². The number of nitrogens with zero attached hydrogens (tertiary/aromatic N) is 2. The molecule has 2 aromatic carbocycles. The summed E-state index contributed by atoms with van der Waals surface area (Å²) in [6.45, 7) is 1.92. The van der Waals surface area contributed by atoms with Gasteiger partial charge in [-0.3, -0.25) is 0 Å². The van der Waals surface area contributed by atoms with Gasteiger partial charge in [0.2, 0.25) is 0 Å². The van der Waals surface area contributed by atoms with Gasteiger partial charge in [-0.15, -0.1) is 11.6 Å². The van der Waals surface area contributed by atoms with Gasteiger partial charge in [-0.1, -0.05) is 42.0 Å². The largest absolute Gasteiger partial charge is 0.435 e. The van der Waals surface area contributed by atoms with E-state index >= 15 is 0 Å². The van der Waals surface area contributed by atoms with E-state index in [1.165, 1.54) is 4.68 Å². The van der Waals surface area contributed by atoms with Gasteiger partial charge in [0.05, 0.1) is 11.4 Å². The number of alkyl halides is 4. The minimum Gasteiger partial charge on any atom is -0.233 e. The fourth-order valence-corrected chi connectivity index (χ4v) is 2.55. The van der Waals surface area contributed by atoms with Crippen LogP contribution >= 0.6 is 11.6 Å². The number of aromatic nitrogens is 2. The first-order valence-corrected chi connectivity index (χ1v) is 7.81. The highest BCUT2D eigenvalue weighted by Gasteiger charge is 2.35. The van der Waals surface area contributed by atoms with Gasteiger partial charge in [0.25, 0.3) is 0 Å². The van der Waals surface area contributed by atoms with Crippen LogP contribution in [0.4, 0.5) is 13.2 Å². The predicted molar refractivity (Wildman–Crippen MR) is 88.3 cm³/mol. The van der Waals surface area contributed by atoms with Crippen molar-refractivity contribution in [3.8, 4) is 16.9 Å². The molecule has 0 bridgehead atoms. The molecular formula is C18H14ClF3N2. The highest BCUT2D eigenvalue weighted by atomic mass is 35.5. The van der Waals surface area contributed by atoms with Gasteiger partial charge in [0, 0.05) is 11.4 Å². The molecule has 0 amide bonds. The molecule has 0 saturated heterocycles. The van der Waals surface area contributed by atoms with Gasteiger partial charge >= 0.3 is 6.18 Å². The Bertz CT molecular complexity index is 834. The van der Waals surface area contributed by atoms with Gasteiger partial charge in [-0.25, -0.2) is 4.68 Å². The Kier molecular flexibility index (Phi) is 4.37. The molecule has 0 fully saturated rings. The van der Waals surface area contributed by atoms with Crippen LogP contribution in [-0.2, 0) is 12.1 Å². The van der Waals surface area contributed by atoms with Crippen LogP contribution in [0.25, 0.3) is 16.9 Å². The Hall–Kier alpha value is -2.27.